The third kappa shape index (κ3) is 4.16. The number of benzene rings is 2. The number of oxazole rings is 1. The highest BCUT2D eigenvalue weighted by Crippen LogP contribution is 2.35. The highest BCUT2D eigenvalue weighted by molar-refractivity contribution is 7.91. The lowest BCUT2D eigenvalue weighted by Crippen LogP contribution is -2.36. The molecular weight excluding hydrogens is 428 g/mol. The van der Waals surface area contributed by atoms with Crippen LogP contribution in [0.5, 0.6) is 5.75 Å². The summed E-state index contributed by atoms with van der Waals surface area (Å²) in [5, 5.41) is 0.458. The van der Waals surface area contributed by atoms with Gasteiger partial charge in [0.1, 0.15) is 5.75 Å². The zero-order chi connectivity index (χ0) is 21.1. The van der Waals surface area contributed by atoms with E-state index < -0.39 is 9.84 Å². The molecule has 3 aromatic rings. The summed E-state index contributed by atoms with van der Waals surface area (Å²) in [6.45, 7) is 4.37. The monoisotopic (exact) mass is 448 g/mol. The normalized spacial score (nSPS) is 14.7. The summed E-state index contributed by atoms with van der Waals surface area (Å²) < 4.78 is 43.6. The fourth-order valence-corrected chi connectivity index (χ4v) is 4.60. The third-order valence-electron chi connectivity index (χ3n) is 4.67. The number of sulfone groups is 1. The molecule has 1 aromatic heterocycles. The molecule has 1 fully saturated rings. The molecule has 1 saturated heterocycles. The number of halogens is 1. The van der Waals surface area contributed by atoms with E-state index in [1.807, 2.05) is 11.8 Å². The number of nitrogens with zero attached hydrogens (tertiary/aromatic N) is 2. The third-order valence-corrected chi connectivity index (χ3v) is 6.59. The van der Waals surface area contributed by atoms with Gasteiger partial charge in [0, 0.05) is 23.7 Å². The molecule has 1 aliphatic rings. The van der Waals surface area contributed by atoms with Gasteiger partial charge in [-0.3, -0.25) is 0 Å². The van der Waals surface area contributed by atoms with E-state index in [2.05, 4.69) is 4.98 Å². The predicted octanol–water partition coefficient (Wildman–Crippen LogP) is 4.06. The van der Waals surface area contributed by atoms with Crippen molar-refractivity contribution >= 4 is 27.3 Å². The van der Waals surface area contributed by atoms with Gasteiger partial charge in [-0.05, 0) is 55.5 Å². The van der Waals surface area contributed by atoms with Gasteiger partial charge in [-0.25, -0.2) is 8.42 Å². The van der Waals surface area contributed by atoms with Gasteiger partial charge in [0.05, 0.1) is 24.7 Å². The summed E-state index contributed by atoms with van der Waals surface area (Å²) in [7, 11) is -3.91. The zero-order valence-corrected chi connectivity index (χ0v) is 17.9. The van der Waals surface area contributed by atoms with E-state index in [9.17, 15) is 8.42 Å². The average Bonchev–Trinajstić information content (AvgIpc) is 3.22. The van der Waals surface area contributed by atoms with Crippen molar-refractivity contribution < 1.29 is 22.3 Å². The second-order valence-electron chi connectivity index (χ2n) is 6.64. The van der Waals surface area contributed by atoms with Crippen LogP contribution >= 0.6 is 11.6 Å². The van der Waals surface area contributed by atoms with Gasteiger partial charge in [-0.2, -0.15) is 4.98 Å². The first kappa shape index (κ1) is 20.7. The molecule has 30 heavy (non-hydrogen) atoms. The van der Waals surface area contributed by atoms with E-state index in [1.54, 1.807) is 36.4 Å². The lowest BCUT2D eigenvalue weighted by atomic mass is 10.2. The van der Waals surface area contributed by atoms with Gasteiger partial charge >= 0.3 is 0 Å². The molecule has 0 radical (unpaired) electrons. The number of morpholine rings is 1. The van der Waals surface area contributed by atoms with Crippen LogP contribution in [0.25, 0.3) is 11.5 Å². The van der Waals surface area contributed by atoms with Crippen LogP contribution in [0.4, 0.5) is 5.88 Å². The minimum Gasteiger partial charge on any atom is -0.494 e. The van der Waals surface area contributed by atoms with Crippen LogP contribution in [0, 0.1) is 0 Å². The molecule has 0 amide bonds. The topological polar surface area (TPSA) is 81.9 Å². The zero-order valence-electron chi connectivity index (χ0n) is 16.4. The Morgan fingerprint density at radius 2 is 1.73 bits per heavy atom. The summed E-state index contributed by atoms with van der Waals surface area (Å²) in [5.41, 5.74) is 0.641. The first-order valence-electron chi connectivity index (χ1n) is 9.56. The second kappa shape index (κ2) is 8.67. The SMILES string of the molecule is CCOc1ccc(S(=O)(=O)c2nc(-c3ccc(Cl)cc3)oc2N2CCOCC2)cc1. The fraction of sp³-hybridized carbons (Fsp3) is 0.286. The molecule has 0 aliphatic carbocycles. The Morgan fingerprint density at radius 1 is 1.07 bits per heavy atom. The second-order valence-corrected chi connectivity index (χ2v) is 8.94. The van der Waals surface area contributed by atoms with Crippen molar-refractivity contribution in [2.24, 2.45) is 0 Å². The number of hydrogen-bond acceptors (Lipinski definition) is 7. The van der Waals surface area contributed by atoms with Gasteiger partial charge in [-0.15, -0.1) is 0 Å². The van der Waals surface area contributed by atoms with Crippen LogP contribution in [0.15, 0.2) is 62.9 Å². The van der Waals surface area contributed by atoms with E-state index in [4.69, 9.17) is 25.5 Å². The highest BCUT2D eigenvalue weighted by Gasteiger charge is 2.32. The number of hydrogen-bond donors (Lipinski definition) is 0. The molecule has 0 spiro atoms. The molecule has 1 aliphatic heterocycles. The molecule has 7 nitrogen and oxygen atoms in total. The van der Waals surface area contributed by atoms with Crippen LogP contribution in [0.2, 0.25) is 5.02 Å². The Balaban J connectivity index is 1.78. The highest BCUT2D eigenvalue weighted by atomic mass is 35.5. The Labute approximate surface area is 180 Å². The smallest absolute Gasteiger partial charge is 0.236 e. The Kier molecular flexibility index (Phi) is 5.99. The summed E-state index contributed by atoms with van der Waals surface area (Å²) in [6, 6.07) is 13.2. The maximum absolute atomic E-state index is 13.4. The summed E-state index contributed by atoms with van der Waals surface area (Å²) in [5.74, 6) is 1.04. The standard InChI is InChI=1S/C21H21ClN2O5S/c1-2-28-17-7-9-18(10-8-17)30(25,26)20-21(24-11-13-27-14-12-24)29-19(23-20)15-3-5-16(22)6-4-15/h3-10H,2,11-14H2,1H3. The minimum absolute atomic E-state index is 0.112. The lowest BCUT2D eigenvalue weighted by Gasteiger charge is -2.26. The Hall–Kier alpha value is -2.55. The molecular formula is C21H21ClN2O5S. The minimum atomic E-state index is -3.91. The van der Waals surface area contributed by atoms with Gasteiger partial charge in [0.2, 0.25) is 26.6 Å². The van der Waals surface area contributed by atoms with Crippen LogP contribution in [-0.2, 0) is 14.6 Å². The van der Waals surface area contributed by atoms with Crippen molar-refractivity contribution in [3.8, 4) is 17.2 Å². The van der Waals surface area contributed by atoms with Crippen molar-refractivity contribution in [3.63, 3.8) is 0 Å². The van der Waals surface area contributed by atoms with Crippen LogP contribution in [0.3, 0.4) is 0 Å². The van der Waals surface area contributed by atoms with Crippen LogP contribution in [0.1, 0.15) is 6.92 Å². The van der Waals surface area contributed by atoms with Gasteiger partial charge in [0.15, 0.2) is 0 Å². The largest absolute Gasteiger partial charge is 0.494 e. The van der Waals surface area contributed by atoms with Crippen LogP contribution < -0.4 is 9.64 Å². The molecule has 2 aromatic carbocycles. The van der Waals surface area contributed by atoms with Crippen molar-refractivity contribution in [1.82, 2.24) is 4.98 Å². The van der Waals surface area contributed by atoms with E-state index >= 15 is 0 Å². The van der Waals surface area contributed by atoms with Gasteiger partial charge in [-0.1, -0.05) is 11.6 Å². The summed E-state index contributed by atoms with van der Waals surface area (Å²) >= 11 is 5.97. The summed E-state index contributed by atoms with van der Waals surface area (Å²) in [6.07, 6.45) is 0. The van der Waals surface area contributed by atoms with E-state index in [1.165, 1.54) is 12.1 Å². The van der Waals surface area contributed by atoms with Gasteiger partial charge < -0.3 is 18.8 Å². The quantitative estimate of drug-likeness (QED) is 0.562. The first-order chi connectivity index (χ1) is 14.5. The Morgan fingerprint density at radius 3 is 2.37 bits per heavy atom. The molecule has 4 rings (SSSR count). The molecule has 0 bridgehead atoms. The molecule has 0 saturated carbocycles. The average molecular weight is 449 g/mol. The van der Waals surface area contributed by atoms with Crippen LogP contribution in [-0.4, -0.2) is 46.3 Å². The van der Waals surface area contributed by atoms with E-state index in [0.29, 0.717) is 49.2 Å². The number of aromatic nitrogens is 1. The predicted molar refractivity (Wildman–Crippen MR) is 113 cm³/mol. The molecule has 9 heteroatoms. The number of ether oxygens (including phenoxy) is 2. The van der Waals surface area contributed by atoms with E-state index in [0.717, 1.165) is 0 Å². The molecule has 0 unspecified atom stereocenters. The van der Waals surface area contributed by atoms with Crippen molar-refractivity contribution in [2.75, 3.05) is 37.8 Å². The van der Waals surface area contributed by atoms with Crippen molar-refractivity contribution in [2.45, 2.75) is 16.8 Å². The first-order valence-corrected chi connectivity index (χ1v) is 11.4. The molecule has 2 heterocycles. The molecule has 158 valence electrons. The maximum atomic E-state index is 13.4. The maximum Gasteiger partial charge on any atom is 0.236 e. The van der Waals surface area contributed by atoms with E-state index in [-0.39, 0.29) is 21.7 Å². The fourth-order valence-electron chi connectivity index (χ4n) is 3.15. The van der Waals surface area contributed by atoms with Gasteiger partial charge in [0.25, 0.3) is 0 Å². The molecule has 0 N–H and O–H groups in total. The lowest BCUT2D eigenvalue weighted by molar-refractivity contribution is 0.120. The summed E-state index contributed by atoms with van der Waals surface area (Å²) in [4.78, 5) is 6.35. The van der Waals surface area contributed by atoms with Crippen molar-refractivity contribution in [3.05, 3.63) is 53.6 Å². The molecule has 0 atom stereocenters. The number of rotatable bonds is 6. The number of anilines is 1. The Bertz CT molecular complexity index is 1110. The van der Waals surface area contributed by atoms with Crippen molar-refractivity contribution in [1.29, 1.82) is 0 Å².